The van der Waals surface area contributed by atoms with E-state index in [1.54, 1.807) is 14.2 Å². The molecule has 0 amide bonds. The minimum absolute atomic E-state index is 0.200. The van der Waals surface area contributed by atoms with E-state index in [2.05, 4.69) is 19.8 Å². The number of nitrogens with two attached hydrogens (primary N) is 1. The summed E-state index contributed by atoms with van der Waals surface area (Å²) in [6.45, 7) is 3.93. The van der Waals surface area contributed by atoms with Crippen LogP contribution in [0.5, 0.6) is 11.5 Å². The van der Waals surface area contributed by atoms with Gasteiger partial charge in [0.2, 0.25) is 17.8 Å². The molecule has 2 heterocycles. The summed E-state index contributed by atoms with van der Waals surface area (Å²) in [6, 6.07) is 15.9. The van der Waals surface area contributed by atoms with Gasteiger partial charge in [-0.3, -0.25) is 0 Å². The van der Waals surface area contributed by atoms with Gasteiger partial charge in [0, 0.05) is 26.2 Å². The van der Waals surface area contributed by atoms with Gasteiger partial charge in [0.1, 0.15) is 11.5 Å². The lowest BCUT2D eigenvalue weighted by atomic mass is 10.1. The van der Waals surface area contributed by atoms with Crippen LogP contribution in [0.4, 0.5) is 17.8 Å². The van der Waals surface area contributed by atoms with E-state index in [9.17, 15) is 0 Å². The largest absolute Gasteiger partial charge is 0.497 e. The van der Waals surface area contributed by atoms with Crippen molar-refractivity contribution in [2.24, 2.45) is 0 Å². The molecule has 0 atom stereocenters. The van der Waals surface area contributed by atoms with Crippen molar-refractivity contribution in [1.29, 1.82) is 0 Å². The fourth-order valence-corrected chi connectivity index (χ4v) is 3.52. The van der Waals surface area contributed by atoms with Gasteiger partial charge in [0.05, 0.1) is 27.4 Å². The number of hydrogen-bond donors (Lipinski definition) is 1. The summed E-state index contributed by atoms with van der Waals surface area (Å²) in [5.41, 5.74) is 8.29. The molecule has 9 nitrogen and oxygen atoms in total. The second-order valence-electron chi connectivity index (χ2n) is 7.45. The highest BCUT2D eigenvalue weighted by atomic mass is 16.5. The van der Waals surface area contributed by atoms with Gasteiger partial charge in [0.15, 0.2) is 0 Å². The Hall–Kier alpha value is -3.59. The maximum atomic E-state index is 6.09. The minimum atomic E-state index is 0.200. The van der Waals surface area contributed by atoms with Crippen LogP contribution in [0.15, 0.2) is 48.5 Å². The third kappa shape index (κ3) is 5.36. The van der Waals surface area contributed by atoms with Crippen molar-refractivity contribution < 1.29 is 14.2 Å². The number of hydrogen-bond acceptors (Lipinski definition) is 9. The van der Waals surface area contributed by atoms with Gasteiger partial charge in [-0.2, -0.15) is 15.0 Å². The second-order valence-corrected chi connectivity index (χ2v) is 7.45. The molecule has 2 aromatic carbocycles. The summed E-state index contributed by atoms with van der Waals surface area (Å²) >= 11 is 0. The number of aromatic nitrogens is 3. The first kappa shape index (κ1) is 21.6. The molecule has 1 aromatic heterocycles. The molecule has 4 rings (SSSR count). The topological polar surface area (TPSA) is 98.9 Å². The molecule has 1 aliphatic heterocycles. The predicted molar refractivity (Wildman–Crippen MR) is 123 cm³/mol. The van der Waals surface area contributed by atoms with Crippen molar-refractivity contribution in [2.75, 3.05) is 56.1 Å². The number of methoxy groups -OCH3 is 2. The molecule has 168 valence electrons. The number of rotatable bonds is 8. The molecule has 0 spiro atoms. The van der Waals surface area contributed by atoms with Crippen LogP contribution >= 0.6 is 0 Å². The number of ether oxygens (including phenoxy) is 3. The van der Waals surface area contributed by atoms with Crippen molar-refractivity contribution in [3.8, 4) is 11.5 Å². The van der Waals surface area contributed by atoms with Crippen LogP contribution in [0.1, 0.15) is 11.1 Å². The Bertz CT molecular complexity index is 958. The Morgan fingerprint density at radius 3 is 1.88 bits per heavy atom. The molecule has 0 saturated carbocycles. The average Bonchev–Trinajstić information content (AvgIpc) is 2.84. The molecule has 1 fully saturated rings. The van der Waals surface area contributed by atoms with E-state index in [0.717, 1.165) is 35.7 Å². The molecule has 0 radical (unpaired) electrons. The maximum Gasteiger partial charge on any atom is 0.232 e. The van der Waals surface area contributed by atoms with E-state index in [1.165, 1.54) is 0 Å². The number of nitrogen functional groups attached to an aromatic ring is 1. The van der Waals surface area contributed by atoms with Crippen molar-refractivity contribution >= 4 is 17.8 Å². The zero-order chi connectivity index (χ0) is 22.3. The fourth-order valence-electron chi connectivity index (χ4n) is 3.52. The molecule has 0 aliphatic carbocycles. The molecule has 3 aromatic rings. The number of anilines is 3. The predicted octanol–water partition coefficient (Wildman–Crippen LogP) is 2.51. The van der Waals surface area contributed by atoms with E-state index < -0.39 is 0 Å². The van der Waals surface area contributed by atoms with Gasteiger partial charge in [-0.05, 0) is 35.4 Å². The Kier molecular flexibility index (Phi) is 6.86. The number of nitrogens with zero attached hydrogens (tertiary/aromatic N) is 5. The van der Waals surface area contributed by atoms with Gasteiger partial charge in [-0.25, -0.2) is 0 Å². The Labute approximate surface area is 187 Å². The zero-order valence-corrected chi connectivity index (χ0v) is 18.4. The first-order valence-corrected chi connectivity index (χ1v) is 10.5. The van der Waals surface area contributed by atoms with E-state index in [0.29, 0.717) is 38.2 Å². The highest BCUT2D eigenvalue weighted by Gasteiger charge is 2.19. The minimum Gasteiger partial charge on any atom is -0.497 e. The SMILES string of the molecule is COc1ccc(CN(Cc2ccc(OC)cc2)c2nc(N)nc(N3CCOCC3)n2)cc1. The van der Waals surface area contributed by atoms with Gasteiger partial charge >= 0.3 is 0 Å². The highest BCUT2D eigenvalue weighted by molar-refractivity contribution is 5.45. The zero-order valence-electron chi connectivity index (χ0n) is 18.4. The number of morpholine rings is 1. The van der Waals surface area contributed by atoms with Crippen molar-refractivity contribution in [3.05, 3.63) is 59.7 Å². The Morgan fingerprint density at radius 2 is 1.38 bits per heavy atom. The lowest BCUT2D eigenvalue weighted by molar-refractivity contribution is 0.122. The number of benzene rings is 2. The lowest BCUT2D eigenvalue weighted by Gasteiger charge is -2.28. The van der Waals surface area contributed by atoms with Crippen LogP contribution in [-0.4, -0.2) is 55.5 Å². The molecule has 0 unspecified atom stereocenters. The highest BCUT2D eigenvalue weighted by Crippen LogP contribution is 2.22. The fraction of sp³-hybridized carbons (Fsp3) is 0.348. The van der Waals surface area contributed by atoms with E-state index >= 15 is 0 Å². The van der Waals surface area contributed by atoms with E-state index in [-0.39, 0.29) is 5.95 Å². The van der Waals surface area contributed by atoms with Crippen LogP contribution in [0, 0.1) is 0 Å². The lowest BCUT2D eigenvalue weighted by Crippen LogP contribution is -2.38. The monoisotopic (exact) mass is 436 g/mol. The van der Waals surface area contributed by atoms with E-state index in [1.807, 2.05) is 48.5 Å². The molecule has 2 N–H and O–H groups in total. The van der Waals surface area contributed by atoms with Crippen molar-refractivity contribution in [3.63, 3.8) is 0 Å². The van der Waals surface area contributed by atoms with Gasteiger partial charge in [-0.1, -0.05) is 24.3 Å². The summed E-state index contributed by atoms with van der Waals surface area (Å²) in [5.74, 6) is 2.94. The van der Waals surface area contributed by atoms with Crippen LogP contribution < -0.4 is 25.0 Å². The van der Waals surface area contributed by atoms with Crippen LogP contribution in [0.3, 0.4) is 0 Å². The Balaban J connectivity index is 1.64. The molecule has 9 heteroatoms. The van der Waals surface area contributed by atoms with Crippen LogP contribution in [0.2, 0.25) is 0 Å². The molecule has 32 heavy (non-hydrogen) atoms. The van der Waals surface area contributed by atoms with Crippen molar-refractivity contribution in [1.82, 2.24) is 15.0 Å². The molecule has 0 bridgehead atoms. The van der Waals surface area contributed by atoms with Gasteiger partial charge in [-0.15, -0.1) is 0 Å². The van der Waals surface area contributed by atoms with Gasteiger partial charge < -0.3 is 29.7 Å². The summed E-state index contributed by atoms with van der Waals surface area (Å²) in [6.07, 6.45) is 0. The third-order valence-electron chi connectivity index (χ3n) is 5.27. The summed E-state index contributed by atoms with van der Waals surface area (Å²) < 4.78 is 16.0. The first-order chi connectivity index (χ1) is 15.6. The Morgan fingerprint density at radius 1 is 0.844 bits per heavy atom. The standard InChI is InChI=1S/C23H28N6O3/c1-30-19-7-3-17(4-8-19)15-29(16-18-5-9-20(31-2)10-6-18)23-26-21(24)25-22(27-23)28-11-13-32-14-12-28/h3-10H,11-16H2,1-2H3,(H2,24,25,26,27). The molecule has 1 saturated heterocycles. The molecule has 1 aliphatic rings. The van der Waals surface area contributed by atoms with Crippen molar-refractivity contribution in [2.45, 2.75) is 13.1 Å². The normalized spacial score (nSPS) is 13.6. The summed E-state index contributed by atoms with van der Waals surface area (Å²) in [5, 5.41) is 0. The second kappa shape index (κ2) is 10.1. The first-order valence-electron chi connectivity index (χ1n) is 10.5. The molecular formula is C23H28N6O3. The molecular weight excluding hydrogens is 408 g/mol. The third-order valence-corrected chi connectivity index (χ3v) is 5.27. The van der Waals surface area contributed by atoms with Crippen LogP contribution in [-0.2, 0) is 17.8 Å². The van der Waals surface area contributed by atoms with Crippen LogP contribution in [0.25, 0.3) is 0 Å². The maximum absolute atomic E-state index is 6.09. The summed E-state index contributed by atoms with van der Waals surface area (Å²) in [4.78, 5) is 17.8. The quantitative estimate of drug-likeness (QED) is 0.571. The van der Waals surface area contributed by atoms with E-state index in [4.69, 9.17) is 24.9 Å². The average molecular weight is 437 g/mol. The smallest absolute Gasteiger partial charge is 0.232 e. The summed E-state index contributed by atoms with van der Waals surface area (Å²) in [7, 11) is 3.32. The van der Waals surface area contributed by atoms with Gasteiger partial charge in [0.25, 0.3) is 0 Å².